The van der Waals surface area contributed by atoms with Gasteiger partial charge in [0.15, 0.2) is 0 Å². The third kappa shape index (κ3) is 2.14. The standard InChI is InChI=1S/C7H11O2/c1-6(8)4-7-2-3-9-5-7/h4,7H,2-3,5H2,1H3. The molecule has 0 amide bonds. The number of hydrogen-bond acceptors (Lipinski definition) is 2. The van der Waals surface area contributed by atoms with Gasteiger partial charge in [0.05, 0.1) is 6.61 Å². The van der Waals surface area contributed by atoms with E-state index in [1.165, 1.54) is 0 Å². The van der Waals surface area contributed by atoms with Crippen molar-refractivity contribution in [1.82, 2.24) is 0 Å². The van der Waals surface area contributed by atoms with Crippen LogP contribution in [-0.2, 0) is 9.53 Å². The van der Waals surface area contributed by atoms with Crippen LogP contribution in [0, 0.1) is 12.3 Å². The largest absolute Gasteiger partial charge is 0.381 e. The third-order valence-corrected chi connectivity index (χ3v) is 1.44. The molecule has 0 aromatic rings. The zero-order chi connectivity index (χ0) is 6.69. The van der Waals surface area contributed by atoms with Gasteiger partial charge in [-0.15, -0.1) is 0 Å². The second-order valence-corrected chi connectivity index (χ2v) is 2.40. The summed E-state index contributed by atoms with van der Waals surface area (Å²) in [4.78, 5) is 10.5. The molecule has 0 spiro atoms. The highest BCUT2D eigenvalue weighted by atomic mass is 16.5. The van der Waals surface area contributed by atoms with Crippen molar-refractivity contribution in [2.24, 2.45) is 5.92 Å². The van der Waals surface area contributed by atoms with Gasteiger partial charge in [-0.3, -0.25) is 4.79 Å². The number of Topliss-reactive ketones (excluding diaryl/α,β-unsaturated/α-hetero) is 1. The Hall–Kier alpha value is -0.370. The first-order valence-electron chi connectivity index (χ1n) is 3.22. The van der Waals surface area contributed by atoms with Crippen molar-refractivity contribution in [3.63, 3.8) is 0 Å². The fourth-order valence-electron chi connectivity index (χ4n) is 1.02. The van der Waals surface area contributed by atoms with Crippen molar-refractivity contribution in [3.8, 4) is 0 Å². The fraction of sp³-hybridized carbons (Fsp3) is 0.714. The summed E-state index contributed by atoms with van der Waals surface area (Å²) < 4.78 is 5.07. The molecule has 0 bridgehead atoms. The molecule has 0 saturated carbocycles. The maximum absolute atomic E-state index is 10.5. The molecule has 1 rings (SSSR count). The van der Waals surface area contributed by atoms with Crippen LogP contribution in [0.5, 0.6) is 0 Å². The van der Waals surface area contributed by atoms with E-state index in [9.17, 15) is 4.79 Å². The Morgan fingerprint density at radius 2 is 2.56 bits per heavy atom. The van der Waals surface area contributed by atoms with Crippen molar-refractivity contribution in [1.29, 1.82) is 0 Å². The summed E-state index contributed by atoms with van der Waals surface area (Å²) in [6.07, 6.45) is 2.76. The van der Waals surface area contributed by atoms with Crippen molar-refractivity contribution in [3.05, 3.63) is 6.42 Å². The van der Waals surface area contributed by atoms with Crippen LogP contribution in [0.25, 0.3) is 0 Å². The average molecular weight is 127 g/mol. The van der Waals surface area contributed by atoms with Gasteiger partial charge in [-0.05, 0) is 19.3 Å². The Morgan fingerprint density at radius 1 is 1.78 bits per heavy atom. The molecule has 51 valence electrons. The summed E-state index contributed by atoms with van der Waals surface area (Å²) in [6.45, 7) is 3.13. The van der Waals surface area contributed by atoms with E-state index in [0.29, 0.717) is 5.92 Å². The van der Waals surface area contributed by atoms with Crippen LogP contribution in [0.4, 0.5) is 0 Å². The van der Waals surface area contributed by atoms with Gasteiger partial charge in [-0.25, -0.2) is 0 Å². The lowest BCUT2D eigenvalue weighted by atomic mass is 10.0. The molecule has 0 aromatic heterocycles. The highest BCUT2D eigenvalue weighted by molar-refractivity contribution is 5.84. The van der Waals surface area contributed by atoms with Gasteiger partial charge in [-0.1, -0.05) is 0 Å². The maximum Gasteiger partial charge on any atom is 0.134 e. The number of carbonyl (C=O) groups is 1. The molecule has 1 fully saturated rings. The number of hydrogen-bond donors (Lipinski definition) is 0. The topological polar surface area (TPSA) is 26.3 Å². The first-order chi connectivity index (χ1) is 4.29. The van der Waals surface area contributed by atoms with Gasteiger partial charge in [0.2, 0.25) is 0 Å². The van der Waals surface area contributed by atoms with Crippen LogP contribution in [-0.4, -0.2) is 19.0 Å². The summed E-state index contributed by atoms with van der Waals surface area (Å²) in [7, 11) is 0. The minimum absolute atomic E-state index is 0.158. The lowest BCUT2D eigenvalue weighted by Crippen LogP contribution is -2.05. The van der Waals surface area contributed by atoms with Crippen LogP contribution in [0.1, 0.15) is 13.3 Å². The Kier molecular flexibility index (Phi) is 2.22. The van der Waals surface area contributed by atoms with E-state index in [-0.39, 0.29) is 5.78 Å². The maximum atomic E-state index is 10.5. The summed E-state index contributed by atoms with van der Waals surface area (Å²) in [5, 5.41) is 0. The molecule has 0 aromatic carbocycles. The van der Waals surface area contributed by atoms with Gasteiger partial charge in [0.1, 0.15) is 5.78 Å². The Bertz CT molecular complexity index is 103. The first kappa shape index (κ1) is 6.75. The molecule has 2 heteroatoms. The molecule has 9 heavy (non-hydrogen) atoms. The number of ether oxygens (including phenoxy) is 1. The highest BCUT2D eigenvalue weighted by Gasteiger charge is 2.16. The molecule has 1 aliphatic heterocycles. The molecule has 2 nitrogen and oxygen atoms in total. The van der Waals surface area contributed by atoms with E-state index in [1.54, 1.807) is 13.3 Å². The second kappa shape index (κ2) is 2.97. The minimum Gasteiger partial charge on any atom is -0.381 e. The van der Waals surface area contributed by atoms with Crippen molar-refractivity contribution in [2.75, 3.05) is 13.2 Å². The van der Waals surface area contributed by atoms with E-state index < -0.39 is 0 Å². The fourth-order valence-corrected chi connectivity index (χ4v) is 1.02. The second-order valence-electron chi connectivity index (χ2n) is 2.40. The normalized spacial score (nSPS) is 26.6. The number of rotatable bonds is 2. The van der Waals surface area contributed by atoms with Gasteiger partial charge < -0.3 is 4.74 Å². The molecule has 0 N–H and O–H groups in total. The monoisotopic (exact) mass is 127 g/mol. The Morgan fingerprint density at radius 3 is 3.00 bits per heavy atom. The Labute approximate surface area is 55.2 Å². The average Bonchev–Trinajstić information content (AvgIpc) is 2.15. The van der Waals surface area contributed by atoms with Gasteiger partial charge in [0, 0.05) is 13.0 Å². The van der Waals surface area contributed by atoms with Crippen LogP contribution in [0.15, 0.2) is 0 Å². The number of carbonyl (C=O) groups excluding carboxylic acids is 1. The molecule has 0 aliphatic carbocycles. The van der Waals surface area contributed by atoms with Crippen LogP contribution in [0.2, 0.25) is 0 Å². The SMILES string of the molecule is CC(=O)[CH]C1CCOC1. The lowest BCUT2D eigenvalue weighted by Gasteiger charge is -2.00. The molecule has 1 radical (unpaired) electrons. The van der Waals surface area contributed by atoms with Crippen LogP contribution < -0.4 is 0 Å². The predicted octanol–water partition coefficient (Wildman–Crippen LogP) is 0.816. The minimum atomic E-state index is 0.158. The van der Waals surface area contributed by atoms with Gasteiger partial charge in [0.25, 0.3) is 0 Å². The van der Waals surface area contributed by atoms with E-state index in [4.69, 9.17) is 4.74 Å². The third-order valence-electron chi connectivity index (χ3n) is 1.44. The molecular formula is C7H11O2. The lowest BCUT2D eigenvalue weighted by molar-refractivity contribution is -0.114. The zero-order valence-corrected chi connectivity index (χ0v) is 5.59. The predicted molar refractivity (Wildman–Crippen MR) is 33.9 cm³/mol. The summed E-state index contributed by atoms with van der Waals surface area (Å²) in [6, 6.07) is 0. The van der Waals surface area contributed by atoms with Crippen molar-refractivity contribution in [2.45, 2.75) is 13.3 Å². The van der Waals surface area contributed by atoms with Crippen molar-refractivity contribution < 1.29 is 9.53 Å². The number of ketones is 1. The smallest absolute Gasteiger partial charge is 0.134 e. The summed E-state index contributed by atoms with van der Waals surface area (Å²) in [5.41, 5.74) is 0. The molecular weight excluding hydrogens is 116 g/mol. The van der Waals surface area contributed by atoms with Gasteiger partial charge in [-0.2, -0.15) is 0 Å². The molecule has 1 heterocycles. The summed E-state index contributed by atoms with van der Waals surface area (Å²) >= 11 is 0. The van der Waals surface area contributed by atoms with E-state index in [2.05, 4.69) is 0 Å². The summed E-state index contributed by atoms with van der Waals surface area (Å²) in [5.74, 6) is 0.549. The van der Waals surface area contributed by atoms with Crippen LogP contribution in [0.3, 0.4) is 0 Å². The molecule has 1 saturated heterocycles. The van der Waals surface area contributed by atoms with Gasteiger partial charge >= 0.3 is 0 Å². The van der Waals surface area contributed by atoms with Crippen LogP contribution >= 0.6 is 0 Å². The molecule has 1 aliphatic rings. The molecule has 1 unspecified atom stereocenters. The molecule has 1 atom stereocenters. The van der Waals surface area contributed by atoms with Crippen molar-refractivity contribution >= 4 is 5.78 Å². The van der Waals surface area contributed by atoms with E-state index in [1.807, 2.05) is 0 Å². The Balaban J connectivity index is 2.19. The zero-order valence-electron chi connectivity index (χ0n) is 5.59. The highest BCUT2D eigenvalue weighted by Crippen LogP contribution is 2.14. The van der Waals surface area contributed by atoms with E-state index >= 15 is 0 Å². The quantitative estimate of drug-likeness (QED) is 0.549. The van der Waals surface area contributed by atoms with E-state index in [0.717, 1.165) is 19.6 Å². The first-order valence-corrected chi connectivity index (χ1v) is 3.22.